The summed E-state index contributed by atoms with van der Waals surface area (Å²) in [7, 11) is 1.58. The maximum Gasteiger partial charge on any atom is 0.336 e. The van der Waals surface area contributed by atoms with Gasteiger partial charge in [0, 0.05) is 29.0 Å². The molecule has 0 aliphatic rings. The van der Waals surface area contributed by atoms with Gasteiger partial charge < -0.3 is 14.5 Å². The van der Waals surface area contributed by atoms with Crippen molar-refractivity contribution in [3.05, 3.63) is 70.1 Å². The molecule has 0 bridgehead atoms. The van der Waals surface area contributed by atoms with Gasteiger partial charge in [-0.1, -0.05) is 41.3 Å². The average molecular weight is 412 g/mol. The highest BCUT2D eigenvalue weighted by Crippen LogP contribution is 2.32. The first-order valence-electron chi connectivity index (χ1n) is 8.52. The number of methoxy groups -OCH3 is 1. The third-order valence-corrected chi connectivity index (χ3v) is 6.20. The molecular formula is C20H17N3O3S2. The molecule has 1 N–H and O–H groups in total. The fraction of sp³-hybridized carbons (Fsp3) is 0.150. The molecule has 0 unspecified atom stereocenters. The van der Waals surface area contributed by atoms with Crippen LogP contribution in [-0.4, -0.2) is 17.3 Å². The van der Waals surface area contributed by atoms with E-state index in [1.165, 1.54) is 29.2 Å². The lowest BCUT2D eigenvalue weighted by molar-refractivity contribution is 0.414. The zero-order valence-corrected chi connectivity index (χ0v) is 16.9. The van der Waals surface area contributed by atoms with Gasteiger partial charge in [-0.3, -0.25) is 0 Å². The van der Waals surface area contributed by atoms with Gasteiger partial charge >= 0.3 is 5.63 Å². The fourth-order valence-corrected chi connectivity index (χ4v) is 4.50. The molecule has 6 nitrogen and oxygen atoms in total. The maximum absolute atomic E-state index is 11.9. The van der Waals surface area contributed by atoms with E-state index in [0.717, 1.165) is 31.7 Å². The number of hydrogen-bond donors (Lipinski definition) is 1. The first-order chi connectivity index (χ1) is 13.6. The molecule has 0 aliphatic heterocycles. The van der Waals surface area contributed by atoms with Gasteiger partial charge in [-0.2, -0.15) is 0 Å². The second-order valence-corrected chi connectivity index (χ2v) is 8.25. The van der Waals surface area contributed by atoms with Crippen molar-refractivity contribution in [2.75, 3.05) is 12.4 Å². The van der Waals surface area contributed by atoms with E-state index in [2.05, 4.69) is 15.5 Å². The molecule has 0 atom stereocenters. The van der Waals surface area contributed by atoms with Gasteiger partial charge in [0.25, 0.3) is 0 Å². The summed E-state index contributed by atoms with van der Waals surface area (Å²) in [5, 5.41) is 13.4. The van der Waals surface area contributed by atoms with E-state index in [1.54, 1.807) is 13.2 Å². The smallest absolute Gasteiger partial charge is 0.336 e. The van der Waals surface area contributed by atoms with Crippen molar-refractivity contribution in [1.82, 2.24) is 10.2 Å². The van der Waals surface area contributed by atoms with Crippen molar-refractivity contribution < 1.29 is 9.15 Å². The largest absolute Gasteiger partial charge is 0.497 e. The Morgan fingerprint density at radius 3 is 2.86 bits per heavy atom. The van der Waals surface area contributed by atoms with Crippen molar-refractivity contribution in [2.45, 2.75) is 17.0 Å². The Hall–Kier alpha value is -2.84. The minimum atomic E-state index is -0.379. The number of ether oxygens (including phenoxy) is 1. The van der Waals surface area contributed by atoms with Gasteiger partial charge in [0.2, 0.25) is 5.13 Å². The van der Waals surface area contributed by atoms with Crippen molar-refractivity contribution in [2.24, 2.45) is 0 Å². The van der Waals surface area contributed by atoms with Crippen LogP contribution in [0.15, 0.2) is 62.1 Å². The van der Waals surface area contributed by atoms with Gasteiger partial charge in [-0.15, -0.1) is 10.2 Å². The number of aromatic nitrogens is 2. The van der Waals surface area contributed by atoms with Crippen molar-refractivity contribution >= 4 is 44.9 Å². The molecule has 2 aromatic carbocycles. The fourth-order valence-electron chi connectivity index (χ4n) is 2.74. The van der Waals surface area contributed by atoms with Crippen molar-refractivity contribution in [3.8, 4) is 5.75 Å². The molecule has 2 heterocycles. The van der Waals surface area contributed by atoms with Crippen LogP contribution >= 0.6 is 23.1 Å². The quantitative estimate of drug-likeness (QED) is 0.353. The molecule has 28 heavy (non-hydrogen) atoms. The molecule has 0 saturated heterocycles. The number of nitrogens with zero attached hydrogens (tertiary/aromatic N) is 2. The zero-order valence-electron chi connectivity index (χ0n) is 15.3. The summed E-state index contributed by atoms with van der Waals surface area (Å²) >= 11 is 3.02. The number of fused-ring (bicyclic) bond motifs is 1. The number of aryl methyl sites for hydroxylation is 1. The number of hydrogen-bond acceptors (Lipinski definition) is 8. The van der Waals surface area contributed by atoms with Crippen LogP contribution in [0.5, 0.6) is 5.75 Å². The maximum atomic E-state index is 11.9. The van der Waals surface area contributed by atoms with Crippen LogP contribution in [0.25, 0.3) is 11.0 Å². The summed E-state index contributed by atoms with van der Waals surface area (Å²) in [6, 6.07) is 15.0. The van der Waals surface area contributed by atoms with E-state index >= 15 is 0 Å². The van der Waals surface area contributed by atoms with Gasteiger partial charge in [0.05, 0.1) is 7.11 Å². The highest BCUT2D eigenvalue weighted by molar-refractivity contribution is 8.00. The molecule has 4 rings (SSSR count). The molecule has 0 fully saturated rings. The predicted octanol–water partition coefficient (Wildman–Crippen LogP) is 5.00. The van der Waals surface area contributed by atoms with Crippen LogP contribution in [0.1, 0.15) is 11.1 Å². The van der Waals surface area contributed by atoms with Crippen LogP contribution < -0.4 is 15.7 Å². The third kappa shape index (κ3) is 4.02. The second-order valence-electron chi connectivity index (χ2n) is 6.05. The van der Waals surface area contributed by atoms with Crippen LogP contribution in [0.3, 0.4) is 0 Å². The summed E-state index contributed by atoms with van der Waals surface area (Å²) in [4.78, 5) is 11.9. The summed E-state index contributed by atoms with van der Waals surface area (Å²) in [6.45, 7) is 2.04. The lowest BCUT2D eigenvalue weighted by atomic mass is 10.1. The highest BCUT2D eigenvalue weighted by Gasteiger charge is 2.11. The Morgan fingerprint density at radius 1 is 1.18 bits per heavy atom. The Balaban J connectivity index is 1.51. The summed E-state index contributed by atoms with van der Waals surface area (Å²) in [5.74, 6) is 1.24. The normalized spacial score (nSPS) is 10.9. The number of anilines is 2. The highest BCUT2D eigenvalue weighted by atomic mass is 32.2. The number of para-hydroxylation sites is 1. The number of thioether (sulfide) groups is 1. The second kappa shape index (κ2) is 8.04. The van der Waals surface area contributed by atoms with E-state index in [1.807, 2.05) is 43.3 Å². The molecule has 0 saturated carbocycles. The Bertz CT molecular complexity index is 1190. The van der Waals surface area contributed by atoms with Crippen LogP contribution in [-0.2, 0) is 5.75 Å². The van der Waals surface area contributed by atoms with Gasteiger partial charge in [0.1, 0.15) is 11.3 Å². The summed E-state index contributed by atoms with van der Waals surface area (Å²) in [5.41, 5.74) is 3.18. The van der Waals surface area contributed by atoms with E-state index in [-0.39, 0.29) is 5.63 Å². The summed E-state index contributed by atoms with van der Waals surface area (Å²) < 4.78 is 11.3. The average Bonchev–Trinajstić information content (AvgIpc) is 3.14. The molecule has 2 aromatic heterocycles. The van der Waals surface area contributed by atoms with Gasteiger partial charge in [0.15, 0.2) is 4.34 Å². The van der Waals surface area contributed by atoms with E-state index in [9.17, 15) is 4.79 Å². The Morgan fingerprint density at radius 2 is 2.04 bits per heavy atom. The van der Waals surface area contributed by atoms with Gasteiger partial charge in [-0.05, 0) is 36.2 Å². The van der Waals surface area contributed by atoms with Crippen LogP contribution in [0.2, 0.25) is 0 Å². The first-order valence-corrected chi connectivity index (χ1v) is 10.3. The first kappa shape index (κ1) is 18.5. The predicted molar refractivity (Wildman–Crippen MR) is 113 cm³/mol. The lowest BCUT2D eigenvalue weighted by Crippen LogP contribution is -2.00. The third-order valence-electron chi connectivity index (χ3n) is 4.18. The molecule has 142 valence electrons. The lowest BCUT2D eigenvalue weighted by Gasteiger charge is -2.06. The number of nitrogens with one attached hydrogen (secondary N) is 1. The monoisotopic (exact) mass is 411 g/mol. The molecule has 0 radical (unpaired) electrons. The van der Waals surface area contributed by atoms with E-state index in [4.69, 9.17) is 9.15 Å². The molecular weight excluding hydrogens is 394 g/mol. The summed E-state index contributed by atoms with van der Waals surface area (Å²) in [6.07, 6.45) is 0. The molecule has 0 spiro atoms. The van der Waals surface area contributed by atoms with Crippen LogP contribution in [0, 0.1) is 6.92 Å². The number of benzene rings is 2. The van der Waals surface area contributed by atoms with E-state index < -0.39 is 0 Å². The standard InChI is InChI=1S/C20H17N3O3S2/c1-12-5-3-4-6-16(12)21-19-22-23-20(28-19)27-11-13-9-18(24)26-17-10-14(25-2)7-8-15(13)17/h3-10H,11H2,1-2H3,(H,21,22). The molecule has 4 aromatic rings. The molecule has 0 aliphatic carbocycles. The topological polar surface area (TPSA) is 77.3 Å². The Labute approximate surface area is 169 Å². The van der Waals surface area contributed by atoms with E-state index in [0.29, 0.717) is 17.1 Å². The van der Waals surface area contributed by atoms with Gasteiger partial charge in [-0.25, -0.2) is 4.79 Å². The van der Waals surface area contributed by atoms with Crippen molar-refractivity contribution in [3.63, 3.8) is 0 Å². The van der Waals surface area contributed by atoms with Crippen LogP contribution in [0.4, 0.5) is 10.8 Å². The Kier molecular flexibility index (Phi) is 5.31. The minimum absolute atomic E-state index is 0.379. The SMILES string of the molecule is COc1ccc2c(CSc3nnc(Nc4ccccc4C)s3)cc(=O)oc2c1. The molecule has 8 heteroatoms. The zero-order chi connectivity index (χ0) is 19.5. The number of rotatable bonds is 6. The molecule has 0 amide bonds. The van der Waals surface area contributed by atoms with Crippen molar-refractivity contribution in [1.29, 1.82) is 0 Å². The minimum Gasteiger partial charge on any atom is -0.497 e.